The Balaban J connectivity index is 0.000000268. The molecule has 0 aliphatic heterocycles. The molecule has 0 bridgehead atoms. The fraction of sp³-hybridized carbons (Fsp3) is 0.316. The van der Waals surface area contributed by atoms with Crippen LogP contribution in [-0.2, 0) is 0 Å². The number of hydrogen-bond donors (Lipinski definition) is 2. The van der Waals surface area contributed by atoms with Crippen LogP contribution in [0.4, 0.5) is 6.01 Å². The largest absolute Gasteiger partial charge is 0.424 e. The first kappa shape index (κ1) is 17.0. The van der Waals surface area contributed by atoms with E-state index >= 15 is 0 Å². The number of nitrogens with one attached hydrogen (secondary N) is 1. The van der Waals surface area contributed by atoms with Gasteiger partial charge >= 0.3 is 0 Å². The molecular formula is C19H25N3O. The lowest BCUT2D eigenvalue weighted by Crippen LogP contribution is -2.19. The van der Waals surface area contributed by atoms with Gasteiger partial charge in [0.25, 0.3) is 6.01 Å². The van der Waals surface area contributed by atoms with Crippen LogP contribution in [0.5, 0.6) is 0 Å². The Labute approximate surface area is 137 Å². The number of nitrogen functional groups attached to an aromatic ring is 1. The quantitative estimate of drug-likeness (QED) is 0.679. The number of nitrogens with zero attached hydrogens (tertiary/aromatic N) is 1. The second-order valence-electron chi connectivity index (χ2n) is 5.43. The molecular weight excluding hydrogens is 286 g/mol. The smallest absolute Gasteiger partial charge is 0.292 e. The van der Waals surface area contributed by atoms with Crippen molar-refractivity contribution in [2.75, 3.05) is 12.3 Å². The van der Waals surface area contributed by atoms with Crippen LogP contribution in [0.1, 0.15) is 38.3 Å². The van der Waals surface area contributed by atoms with Crippen LogP contribution < -0.4 is 11.1 Å². The number of aromatic nitrogens is 1. The molecule has 4 nitrogen and oxygen atoms in total. The van der Waals surface area contributed by atoms with Gasteiger partial charge in [0.05, 0.1) is 0 Å². The zero-order chi connectivity index (χ0) is 16.5. The standard InChI is InChI=1S/C13H19N3O.C6H6/c1-3-4-8-15-9(2)10-6-5-7-11-12(10)16-13(14)17-11;1-2-4-6-5-3-1/h5-7,9,15H,3-4,8H2,1-2H3,(H2,14,16);1-6H. The predicted octanol–water partition coefficient (Wildman–Crippen LogP) is 4.55. The minimum Gasteiger partial charge on any atom is -0.424 e. The third-order valence-electron chi connectivity index (χ3n) is 3.58. The minimum atomic E-state index is 0.230. The lowest BCUT2D eigenvalue weighted by atomic mass is 10.1. The normalized spacial score (nSPS) is 11.7. The summed E-state index contributed by atoms with van der Waals surface area (Å²) >= 11 is 0. The van der Waals surface area contributed by atoms with Crippen molar-refractivity contribution in [1.82, 2.24) is 10.3 Å². The molecule has 2 aromatic carbocycles. The first-order valence-electron chi connectivity index (χ1n) is 8.10. The van der Waals surface area contributed by atoms with Crippen molar-refractivity contribution in [1.29, 1.82) is 0 Å². The zero-order valence-electron chi connectivity index (χ0n) is 13.8. The molecule has 3 rings (SSSR count). The SMILES string of the molecule is CCCCNC(C)c1cccc2oc(N)nc12.c1ccccc1. The molecule has 3 aromatic rings. The van der Waals surface area contributed by atoms with Gasteiger partial charge in [0, 0.05) is 6.04 Å². The van der Waals surface area contributed by atoms with E-state index < -0.39 is 0 Å². The van der Waals surface area contributed by atoms with Crippen LogP contribution in [0, 0.1) is 0 Å². The van der Waals surface area contributed by atoms with Gasteiger partial charge in [-0.05, 0) is 31.5 Å². The van der Waals surface area contributed by atoms with E-state index in [2.05, 4.69) is 30.2 Å². The molecule has 1 heterocycles. The first-order valence-corrected chi connectivity index (χ1v) is 8.10. The molecule has 0 spiro atoms. The maximum atomic E-state index is 5.58. The van der Waals surface area contributed by atoms with E-state index in [1.807, 2.05) is 48.5 Å². The van der Waals surface area contributed by atoms with E-state index in [1.54, 1.807) is 0 Å². The minimum absolute atomic E-state index is 0.230. The number of para-hydroxylation sites is 1. The summed E-state index contributed by atoms with van der Waals surface area (Å²) in [6.07, 6.45) is 2.38. The molecule has 23 heavy (non-hydrogen) atoms. The molecule has 4 heteroatoms. The summed E-state index contributed by atoms with van der Waals surface area (Å²) in [5.41, 5.74) is 8.34. The average Bonchev–Trinajstić information content (AvgIpc) is 2.97. The molecule has 1 aromatic heterocycles. The number of nitrogens with two attached hydrogens (primary N) is 1. The van der Waals surface area contributed by atoms with Crippen LogP contribution in [0.15, 0.2) is 59.0 Å². The predicted molar refractivity (Wildman–Crippen MR) is 96.2 cm³/mol. The van der Waals surface area contributed by atoms with E-state index in [4.69, 9.17) is 10.2 Å². The van der Waals surface area contributed by atoms with Crippen LogP contribution in [0.25, 0.3) is 11.1 Å². The van der Waals surface area contributed by atoms with Crippen molar-refractivity contribution in [2.45, 2.75) is 32.7 Å². The molecule has 0 saturated carbocycles. The number of oxazole rings is 1. The van der Waals surface area contributed by atoms with Crippen LogP contribution in [-0.4, -0.2) is 11.5 Å². The van der Waals surface area contributed by atoms with E-state index in [0.29, 0.717) is 0 Å². The molecule has 1 atom stereocenters. The molecule has 0 aliphatic carbocycles. The van der Waals surface area contributed by atoms with E-state index in [9.17, 15) is 0 Å². The number of rotatable bonds is 5. The van der Waals surface area contributed by atoms with E-state index in [-0.39, 0.29) is 12.1 Å². The topological polar surface area (TPSA) is 64.1 Å². The molecule has 122 valence electrons. The summed E-state index contributed by atoms with van der Waals surface area (Å²) in [7, 11) is 0. The maximum Gasteiger partial charge on any atom is 0.292 e. The third-order valence-corrected chi connectivity index (χ3v) is 3.58. The Morgan fingerprint density at radius 1 is 1.09 bits per heavy atom. The Bertz CT molecular complexity index is 667. The zero-order valence-corrected chi connectivity index (χ0v) is 13.8. The number of unbranched alkanes of at least 4 members (excludes halogenated alkanes) is 1. The number of benzene rings is 2. The molecule has 0 aliphatic rings. The lowest BCUT2D eigenvalue weighted by Gasteiger charge is -2.13. The highest BCUT2D eigenvalue weighted by atomic mass is 16.4. The Morgan fingerprint density at radius 3 is 2.35 bits per heavy atom. The van der Waals surface area contributed by atoms with Gasteiger partial charge in [-0.1, -0.05) is 61.9 Å². The summed E-state index contributed by atoms with van der Waals surface area (Å²) in [4.78, 5) is 4.23. The lowest BCUT2D eigenvalue weighted by molar-refractivity contribution is 0.556. The first-order chi connectivity index (χ1) is 11.2. The van der Waals surface area contributed by atoms with Gasteiger partial charge in [0.1, 0.15) is 5.52 Å². The van der Waals surface area contributed by atoms with Crippen LogP contribution in [0.3, 0.4) is 0 Å². The van der Waals surface area contributed by atoms with Gasteiger partial charge in [-0.2, -0.15) is 4.98 Å². The Kier molecular flexibility index (Phi) is 6.63. The van der Waals surface area contributed by atoms with Gasteiger partial charge in [-0.25, -0.2) is 0 Å². The maximum absolute atomic E-state index is 5.58. The number of fused-ring (bicyclic) bond motifs is 1. The number of hydrogen-bond acceptors (Lipinski definition) is 4. The molecule has 1 unspecified atom stereocenters. The summed E-state index contributed by atoms with van der Waals surface area (Å²) in [6.45, 7) is 5.34. The summed E-state index contributed by atoms with van der Waals surface area (Å²) in [5.74, 6) is 0. The molecule has 0 amide bonds. The summed E-state index contributed by atoms with van der Waals surface area (Å²) in [6, 6.07) is 18.4. The number of anilines is 1. The van der Waals surface area contributed by atoms with Crippen molar-refractivity contribution in [3.8, 4) is 0 Å². The van der Waals surface area contributed by atoms with Gasteiger partial charge in [0.2, 0.25) is 0 Å². The van der Waals surface area contributed by atoms with Gasteiger partial charge in [-0.3, -0.25) is 0 Å². The molecule has 0 fully saturated rings. The monoisotopic (exact) mass is 311 g/mol. The van der Waals surface area contributed by atoms with Gasteiger partial charge in [0.15, 0.2) is 5.58 Å². The highest BCUT2D eigenvalue weighted by Crippen LogP contribution is 2.25. The second-order valence-corrected chi connectivity index (χ2v) is 5.43. The van der Waals surface area contributed by atoms with E-state index in [1.165, 1.54) is 12.8 Å². The van der Waals surface area contributed by atoms with Crippen molar-refractivity contribution in [3.63, 3.8) is 0 Å². The summed E-state index contributed by atoms with van der Waals surface area (Å²) in [5, 5.41) is 3.48. The average molecular weight is 311 g/mol. The van der Waals surface area contributed by atoms with Gasteiger partial charge < -0.3 is 15.5 Å². The van der Waals surface area contributed by atoms with Crippen molar-refractivity contribution < 1.29 is 4.42 Å². The van der Waals surface area contributed by atoms with Crippen molar-refractivity contribution in [2.24, 2.45) is 0 Å². The Hall–Kier alpha value is -2.33. The highest BCUT2D eigenvalue weighted by Gasteiger charge is 2.12. The third kappa shape index (κ3) is 5.11. The fourth-order valence-corrected chi connectivity index (χ4v) is 2.33. The Morgan fingerprint density at radius 2 is 1.74 bits per heavy atom. The van der Waals surface area contributed by atoms with Crippen LogP contribution in [0.2, 0.25) is 0 Å². The van der Waals surface area contributed by atoms with E-state index in [0.717, 1.165) is 23.2 Å². The van der Waals surface area contributed by atoms with Gasteiger partial charge in [-0.15, -0.1) is 0 Å². The van der Waals surface area contributed by atoms with Crippen LogP contribution >= 0.6 is 0 Å². The molecule has 0 radical (unpaired) electrons. The summed E-state index contributed by atoms with van der Waals surface area (Å²) < 4.78 is 5.32. The fourth-order valence-electron chi connectivity index (χ4n) is 2.33. The van der Waals surface area contributed by atoms with Crippen molar-refractivity contribution in [3.05, 3.63) is 60.2 Å². The molecule has 3 N–H and O–H groups in total. The van der Waals surface area contributed by atoms with Crippen molar-refractivity contribution >= 4 is 17.1 Å². The second kappa shape index (κ2) is 8.96. The highest BCUT2D eigenvalue weighted by molar-refractivity contribution is 5.78. The molecule has 0 saturated heterocycles.